The zero-order chi connectivity index (χ0) is 86.5. The molecule has 0 unspecified atom stereocenters. The van der Waals surface area contributed by atoms with E-state index in [0.717, 1.165) is 89.1 Å². The number of hydrogen-bond acceptors (Lipinski definition) is 4. The molecule has 0 fully saturated rings. The van der Waals surface area contributed by atoms with E-state index < -0.39 is 0 Å². The molecule has 130 heavy (non-hydrogen) atoms. The second-order valence-electron chi connectivity index (χ2n) is 33.1. The molecule has 0 spiro atoms. The molecular weight excluding hydrogens is 1570 g/mol. The summed E-state index contributed by atoms with van der Waals surface area (Å²) in [5, 5.41) is 4.47. The molecule has 0 bridgehead atoms. The Labute approximate surface area is 757 Å². The van der Waals surface area contributed by atoms with Gasteiger partial charge in [-0.2, -0.15) is 0 Å². The van der Waals surface area contributed by atoms with Crippen LogP contribution in [0.3, 0.4) is 0 Å². The van der Waals surface area contributed by atoms with Crippen molar-refractivity contribution < 1.29 is 8.83 Å². The monoisotopic (exact) mass is 1660 g/mol. The number of fused-ring (bicyclic) bond motifs is 6. The predicted octanol–water partition coefficient (Wildman–Crippen LogP) is 35.8. The largest absolute Gasteiger partial charge is 0.456 e. The molecule has 21 aromatic carbocycles. The second kappa shape index (κ2) is 35.5. The highest BCUT2D eigenvalue weighted by Crippen LogP contribution is 2.45. The Hall–Kier alpha value is -17.2. The minimum absolute atomic E-state index is 0.861. The normalized spacial score (nSPS) is 11.2. The van der Waals surface area contributed by atoms with Crippen LogP contribution in [0.25, 0.3) is 189 Å². The van der Waals surface area contributed by atoms with Crippen LogP contribution >= 0.6 is 0 Å². The molecule has 0 aliphatic heterocycles. The lowest BCUT2D eigenvalue weighted by Crippen LogP contribution is -2.09. The van der Waals surface area contributed by atoms with Crippen LogP contribution in [0.4, 0.5) is 34.1 Å². The summed E-state index contributed by atoms with van der Waals surface area (Å²) in [5.41, 5.74) is 41.0. The lowest BCUT2D eigenvalue weighted by molar-refractivity contribution is 0.668. The fraction of sp³-hybridized carbons (Fsp3) is 0. The average molecular weight is 1660 g/mol. The number of hydrogen-bond donors (Lipinski definition) is 0. The van der Waals surface area contributed by atoms with Gasteiger partial charge in [0.2, 0.25) is 0 Å². The summed E-state index contributed by atoms with van der Waals surface area (Å²) in [6, 6.07) is 187. The molecule has 0 radical (unpaired) electrons. The van der Waals surface area contributed by atoms with E-state index in [9.17, 15) is 0 Å². The van der Waals surface area contributed by atoms with Crippen LogP contribution < -0.4 is 9.80 Å². The van der Waals surface area contributed by atoms with Gasteiger partial charge in [-0.25, -0.2) is 0 Å². The van der Waals surface area contributed by atoms with Crippen molar-refractivity contribution in [2.24, 2.45) is 0 Å². The van der Waals surface area contributed by atoms with Gasteiger partial charge in [0, 0.05) is 67.8 Å². The molecule has 0 amide bonds. The summed E-state index contributed by atoms with van der Waals surface area (Å²) in [4.78, 5) is 4.62. The van der Waals surface area contributed by atoms with Crippen molar-refractivity contribution >= 4 is 78.0 Å². The molecule has 0 saturated carbocycles. The van der Waals surface area contributed by atoms with E-state index in [1.807, 2.05) is 24.3 Å². The van der Waals surface area contributed by atoms with Crippen molar-refractivity contribution in [3.8, 4) is 145 Å². The van der Waals surface area contributed by atoms with E-state index in [1.54, 1.807) is 0 Å². The van der Waals surface area contributed by atoms with Crippen molar-refractivity contribution in [1.82, 2.24) is 0 Å². The highest BCUT2D eigenvalue weighted by Gasteiger charge is 2.21. The predicted molar refractivity (Wildman–Crippen MR) is 547 cm³/mol. The van der Waals surface area contributed by atoms with Crippen molar-refractivity contribution in [1.29, 1.82) is 0 Å². The molecule has 2 aromatic heterocycles. The van der Waals surface area contributed by atoms with Gasteiger partial charge >= 0.3 is 0 Å². The van der Waals surface area contributed by atoms with Crippen LogP contribution in [0.5, 0.6) is 0 Å². The highest BCUT2D eigenvalue weighted by atomic mass is 16.3. The quantitative estimate of drug-likeness (QED) is 0.0808. The first-order valence-corrected chi connectivity index (χ1v) is 44.4. The lowest BCUT2D eigenvalue weighted by atomic mass is 9.96. The van der Waals surface area contributed by atoms with E-state index in [-0.39, 0.29) is 0 Å². The van der Waals surface area contributed by atoms with Crippen LogP contribution in [-0.2, 0) is 0 Å². The van der Waals surface area contributed by atoms with Gasteiger partial charge in [-0.1, -0.05) is 406 Å². The van der Waals surface area contributed by atoms with E-state index in [2.05, 4.69) is 507 Å². The van der Waals surface area contributed by atoms with Crippen LogP contribution in [0.1, 0.15) is 0 Å². The molecule has 4 nitrogen and oxygen atoms in total. The molecule has 0 saturated heterocycles. The number of para-hydroxylation sites is 2. The molecule has 0 aliphatic carbocycles. The first-order chi connectivity index (χ1) is 64.4. The van der Waals surface area contributed by atoms with E-state index >= 15 is 0 Å². The van der Waals surface area contributed by atoms with Gasteiger partial charge < -0.3 is 18.6 Å². The van der Waals surface area contributed by atoms with E-state index in [4.69, 9.17) is 8.83 Å². The van der Waals surface area contributed by atoms with Crippen LogP contribution in [0.15, 0.2) is 531 Å². The summed E-state index contributed by atoms with van der Waals surface area (Å²) < 4.78 is 12.8. The molecule has 23 aromatic rings. The van der Waals surface area contributed by atoms with Crippen LogP contribution in [0.2, 0.25) is 0 Å². The van der Waals surface area contributed by atoms with Gasteiger partial charge in [-0.3, -0.25) is 0 Å². The number of anilines is 6. The maximum Gasteiger partial charge on any atom is 0.137 e. The number of benzene rings is 21. The van der Waals surface area contributed by atoms with Gasteiger partial charge in [-0.05, 0) is 248 Å². The van der Waals surface area contributed by atoms with Gasteiger partial charge in [0.05, 0.1) is 0 Å². The zero-order valence-electron chi connectivity index (χ0n) is 71.4. The number of rotatable bonds is 19. The van der Waals surface area contributed by atoms with E-state index in [0.29, 0.717) is 0 Å². The zero-order valence-corrected chi connectivity index (χ0v) is 71.4. The molecule has 2 heterocycles. The topological polar surface area (TPSA) is 32.8 Å². The number of nitrogens with zero attached hydrogens (tertiary/aromatic N) is 2. The molecule has 23 rings (SSSR count). The Morgan fingerprint density at radius 3 is 0.477 bits per heavy atom. The minimum Gasteiger partial charge on any atom is -0.456 e. The van der Waals surface area contributed by atoms with Gasteiger partial charge in [0.1, 0.15) is 22.3 Å². The SMILES string of the molecule is c1ccc(-c2ccc(-c3ccc(-c4cccc(-c5ccc(N(c6ccc(-c7ccc(-c8cccc(-c9ccc(-c%10ccccc%10)cc9)c8)cc7)cc6)c6ccc7c(c6)oc6ccccc67)cc5)c4)cc3)cc2)cc1.c1ccc(-c2ccc(N(c3ccc(-c4ccc(-c5ccc(-c6cccc(-c7ccccc7)c6)cc5)cc4)cc3)c3ccc4c(c3)oc3ccccc34)cc2)cc1. The first-order valence-electron chi connectivity index (χ1n) is 44.4. The first kappa shape index (κ1) is 78.8. The molecule has 0 N–H and O–H groups in total. The molecule has 4 heteroatoms. The standard InChI is InChI=1S/C72H49NO.C54H37NO/c1-3-11-50(12-4-1)52-21-23-54(24-22-52)55-27-33-59(34-28-55)64-17-10-18-65(48-64)61-39-43-67(44-40-61)73(68-45-46-70-69-19-7-8-20-71(69)74-72(70)49-68)66-41-37-57(38-42-66)56-29-35-60(36-30-56)63-16-9-15-62(47-63)58-31-25-53(26-32-58)51-13-5-2-6-14-51;1-3-10-38(11-4-1)43-26-30-48(31-27-43)55(50-34-35-52-51-16-7-8-17-53(51)56-54(52)37-50)49-32-28-44(29-33-49)42-20-18-40(19-21-42)41-22-24-45(25-23-41)47-15-9-14-46(36-47)39-12-5-2-6-13-39/h1-49H;1-37H. The summed E-state index contributed by atoms with van der Waals surface area (Å²) in [5.74, 6) is 0. The fourth-order valence-electron chi connectivity index (χ4n) is 18.1. The maximum absolute atomic E-state index is 6.43. The third-order valence-electron chi connectivity index (χ3n) is 25.1. The summed E-state index contributed by atoms with van der Waals surface area (Å²) in [7, 11) is 0. The third kappa shape index (κ3) is 16.5. The minimum atomic E-state index is 0.861. The van der Waals surface area contributed by atoms with Crippen molar-refractivity contribution in [3.63, 3.8) is 0 Å². The Bertz CT molecular complexity index is 7890. The summed E-state index contributed by atoms with van der Waals surface area (Å²) >= 11 is 0. The molecular formula is C126H86N2O2. The van der Waals surface area contributed by atoms with Crippen molar-refractivity contribution in [3.05, 3.63) is 522 Å². The van der Waals surface area contributed by atoms with Crippen molar-refractivity contribution in [2.45, 2.75) is 0 Å². The smallest absolute Gasteiger partial charge is 0.137 e. The molecule has 612 valence electrons. The highest BCUT2D eigenvalue weighted by molar-refractivity contribution is 6.08. The Morgan fingerprint density at radius 1 is 0.100 bits per heavy atom. The average Bonchev–Trinajstić information content (AvgIpc) is 1.59. The Kier molecular flexibility index (Phi) is 21.5. The van der Waals surface area contributed by atoms with Gasteiger partial charge in [-0.15, -0.1) is 0 Å². The summed E-state index contributed by atoms with van der Waals surface area (Å²) in [6.07, 6.45) is 0. The summed E-state index contributed by atoms with van der Waals surface area (Å²) in [6.45, 7) is 0. The Morgan fingerprint density at radius 2 is 0.254 bits per heavy atom. The fourth-order valence-corrected chi connectivity index (χ4v) is 18.1. The van der Waals surface area contributed by atoms with Crippen LogP contribution in [-0.4, -0.2) is 0 Å². The van der Waals surface area contributed by atoms with Gasteiger partial charge in [0.15, 0.2) is 0 Å². The van der Waals surface area contributed by atoms with Gasteiger partial charge in [0.25, 0.3) is 0 Å². The van der Waals surface area contributed by atoms with Crippen LogP contribution in [0, 0.1) is 0 Å². The molecule has 0 aliphatic rings. The lowest BCUT2D eigenvalue weighted by Gasteiger charge is -2.26. The van der Waals surface area contributed by atoms with Crippen molar-refractivity contribution in [2.75, 3.05) is 9.80 Å². The number of furan rings is 2. The molecule has 0 atom stereocenters. The maximum atomic E-state index is 6.43. The second-order valence-corrected chi connectivity index (χ2v) is 33.1. The third-order valence-corrected chi connectivity index (χ3v) is 25.1. The van der Waals surface area contributed by atoms with E-state index in [1.165, 1.54) is 134 Å². The Balaban J connectivity index is 0.000000158.